The maximum Gasteiger partial charge on any atom is 0.225 e. The second kappa shape index (κ2) is 8.66. The van der Waals surface area contributed by atoms with Crippen molar-refractivity contribution in [2.45, 2.75) is 19.4 Å². The van der Waals surface area contributed by atoms with E-state index in [1.54, 1.807) is 24.1 Å². The highest BCUT2D eigenvalue weighted by Crippen LogP contribution is 2.22. The minimum Gasteiger partial charge on any atom is -0.496 e. The van der Waals surface area contributed by atoms with Crippen LogP contribution in [0.5, 0.6) is 5.75 Å². The fourth-order valence-electron chi connectivity index (χ4n) is 3.26. The first-order chi connectivity index (χ1) is 13.1. The van der Waals surface area contributed by atoms with Crippen molar-refractivity contribution in [1.82, 2.24) is 10.2 Å². The summed E-state index contributed by atoms with van der Waals surface area (Å²) < 4.78 is 18.3. The van der Waals surface area contributed by atoms with Crippen LogP contribution in [0.2, 0.25) is 0 Å². The van der Waals surface area contributed by atoms with Gasteiger partial charge >= 0.3 is 0 Å². The van der Waals surface area contributed by atoms with Crippen LogP contribution in [-0.2, 0) is 22.6 Å². The minimum absolute atomic E-state index is 0.00756. The number of halogens is 1. The molecular weight excluding hydrogens is 347 g/mol. The zero-order valence-electron chi connectivity index (χ0n) is 15.3. The van der Waals surface area contributed by atoms with Gasteiger partial charge in [0.2, 0.25) is 11.8 Å². The molecule has 0 saturated carbocycles. The number of carbonyl (C=O) groups excluding carboxylic acids is 2. The van der Waals surface area contributed by atoms with Gasteiger partial charge in [0, 0.05) is 26.1 Å². The Bertz CT molecular complexity index is 807. The molecule has 1 saturated heterocycles. The summed E-state index contributed by atoms with van der Waals surface area (Å²) in [6.07, 6.45) is 0.904. The van der Waals surface area contributed by atoms with E-state index in [2.05, 4.69) is 5.32 Å². The molecule has 2 aromatic carbocycles. The van der Waals surface area contributed by atoms with Gasteiger partial charge in [0.1, 0.15) is 11.6 Å². The molecule has 1 N–H and O–H groups in total. The molecule has 2 amide bonds. The van der Waals surface area contributed by atoms with Crippen LogP contribution in [0.3, 0.4) is 0 Å². The van der Waals surface area contributed by atoms with Gasteiger partial charge in [0.15, 0.2) is 0 Å². The van der Waals surface area contributed by atoms with E-state index >= 15 is 0 Å². The second-order valence-corrected chi connectivity index (χ2v) is 6.65. The topological polar surface area (TPSA) is 58.6 Å². The Labute approximate surface area is 158 Å². The second-order valence-electron chi connectivity index (χ2n) is 6.65. The van der Waals surface area contributed by atoms with Crippen LogP contribution in [-0.4, -0.2) is 36.9 Å². The van der Waals surface area contributed by atoms with Gasteiger partial charge in [-0.25, -0.2) is 4.39 Å². The van der Waals surface area contributed by atoms with E-state index in [0.29, 0.717) is 26.1 Å². The quantitative estimate of drug-likeness (QED) is 0.815. The number of carbonyl (C=O) groups is 2. The zero-order chi connectivity index (χ0) is 19.2. The summed E-state index contributed by atoms with van der Waals surface area (Å²) in [6, 6.07) is 13.7. The Morgan fingerprint density at radius 3 is 2.70 bits per heavy atom. The Kier molecular flexibility index (Phi) is 6.06. The average molecular weight is 370 g/mol. The summed E-state index contributed by atoms with van der Waals surface area (Å²) in [4.78, 5) is 26.3. The van der Waals surface area contributed by atoms with Crippen molar-refractivity contribution in [3.63, 3.8) is 0 Å². The molecule has 142 valence electrons. The number of benzene rings is 2. The summed E-state index contributed by atoms with van der Waals surface area (Å²) >= 11 is 0. The van der Waals surface area contributed by atoms with Gasteiger partial charge in [-0.15, -0.1) is 0 Å². The summed E-state index contributed by atoms with van der Waals surface area (Å²) in [5.41, 5.74) is 1.86. The molecule has 1 aliphatic heterocycles. The molecule has 0 radical (unpaired) electrons. The van der Waals surface area contributed by atoms with E-state index in [-0.39, 0.29) is 30.0 Å². The highest BCUT2D eigenvalue weighted by Gasteiger charge is 2.33. The molecule has 3 rings (SSSR count). The molecule has 2 aromatic rings. The van der Waals surface area contributed by atoms with Gasteiger partial charge in [-0.1, -0.05) is 30.3 Å². The van der Waals surface area contributed by atoms with Crippen molar-refractivity contribution in [3.8, 4) is 5.75 Å². The Hall–Kier alpha value is -2.89. The number of para-hydroxylation sites is 1. The van der Waals surface area contributed by atoms with E-state index in [1.165, 1.54) is 12.1 Å². The van der Waals surface area contributed by atoms with Crippen LogP contribution in [0.25, 0.3) is 0 Å². The number of rotatable bonds is 7. The Balaban J connectivity index is 1.50. The molecule has 0 spiro atoms. The molecule has 5 nitrogen and oxygen atoms in total. The van der Waals surface area contributed by atoms with E-state index < -0.39 is 0 Å². The van der Waals surface area contributed by atoms with Gasteiger partial charge < -0.3 is 15.0 Å². The number of ether oxygens (including phenoxy) is 1. The summed E-state index contributed by atoms with van der Waals surface area (Å²) in [5, 5.41) is 2.83. The van der Waals surface area contributed by atoms with Crippen molar-refractivity contribution in [3.05, 3.63) is 65.5 Å². The molecule has 0 aliphatic carbocycles. The fourth-order valence-corrected chi connectivity index (χ4v) is 3.26. The SMILES string of the molecule is COc1ccccc1CCN1CC(C(=O)NCc2ccc(F)cc2)CC1=O. The molecule has 1 fully saturated rings. The average Bonchev–Trinajstić information content (AvgIpc) is 3.06. The molecule has 0 aromatic heterocycles. The zero-order valence-corrected chi connectivity index (χ0v) is 15.3. The van der Waals surface area contributed by atoms with Gasteiger partial charge in [-0.2, -0.15) is 0 Å². The van der Waals surface area contributed by atoms with Crippen molar-refractivity contribution < 1.29 is 18.7 Å². The number of hydrogen-bond acceptors (Lipinski definition) is 3. The summed E-state index contributed by atoms with van der Waals surface area (Å²) in [5.74, 6) is -0.00944. The van der Waals surface area contributed by atoms with E-state index in [4.69, 9.17) is 4.74 Å². The molecule has 27 heavy (non-hydrogen) atoms. The molecule has 1 heterocycles. The van der Waals surface area contributed by atoms with Gasteiger partial charge in [0.05, 0.1) is 13.0 Å². The molecule has 6 heteroatoms. The molecule has 1 atom stereocenters. The number of nitrogens with zero attached hydrogens (tertiary/aromatic N) is 1. The minimum atomic E-state index is -0.351. The van der Waals surface area contributed by atoms with Gasteiger partial charge in [-0.3, -0.25) is 9.59 Å². The lowest BCUT2D eigenvalue weighted by molar-refractivity contribution is -0.129. The first-order valence-electron chi connectivity index (χ1n) is 8.98. The van der Waals surface area contributed by atoms with Crippen molar-refractivity contribution >= 4 is 11.8 Å². The molecule has 1 unspecified atom stereocenters. The largest absolute Gasteiger partial charge is 0.496 e. The molecule has 1 aliphatic rings. The smallest absolute Gasteiger partial charge is 0.225 e. The molecule has 0 bridgehead atoms. The van der Waals surface area contributed by atoms with E-state index in [0.717, 1.165) is 16.9 Å². The predicted octanol–water partition coefficient (Wildman–Crippen LogP) is 2.54. The third kappa shape index (κ3) is 4.84. The van der Waals surface area contributed by atoms with Crippen LogP contribution in [0, 0.1) is 11.7 Å². The van der Waals surface area contributed by atoms with E-state index in [9.17, 15) is 14.0 Å². The maximum absolute atomic E-state index is 12.9. The number of nitrogens with one attached hydrogen (secondary N) is 1. The van der Waals surface area contributed by atoms with Crippen molar-refractivity contribution in [2.24, 2.45) is 5.92 Å². The van der Waals surface area contributed by atoms with Crippen LogP contribution >= 0.6 is 0 Å². The highest BCUT2D eigenvalue weighted by atomic mass is 19.1. The monoisotopic (exact) mass is 370 g/mol. The first-order valence-corrected chi connectivity index (χ1v) is 8.98. The number of methoxy groups -OCH3 is 1. The number of amides is 2. The van der Waals surface area contributed by atoms with Crippen molar-refractivity contribution in [1.29, 1.82) is 0 Å². The van der Waals surface area contributed by atoms with Crippen LogP contribution in [0.4, 0.5) is 4.39 Å². The summed E-state index contributed by atoms with van der Waals surface area (Å²) in [7, 11) is 1.63. The lowest BCUT2D eigenvalue weighted by Gasteiger charge is -2.17. The van der Waals surface area contributed by atoms with Crippen LogP contribution < -0.4 is 10.1 Å². The lowest BCUT2D eigenvalue weighted by atomic mass is 10.1. The summed E-state index contributed by atoms with van der Waals surface area (Å²) in [6.45, 7) is 1.30. The fraction of sp³-hybridized carbons (Fsp3) is 0.333. The van der Waals surface area contributed by atoms with Gasteiger partial charge in [0.25, 0.3) is 0 Å². The van der Waals surface area contributed by atoms with Crippen molar-refractivity contribution in [2.75, 3.05) is 20.2 Å². The third-order valence-corrected chi connectivity index (χ3v) is 4.81. The highest BCUT2D eigenvalue weighted by molar-refractivity contribution is 5.89. The first kappa shape index (κ1) is 18.9. The van der Waals surface area contributed by atoms with Crippen LogP contribution in [0.1, 0.15) is 17.5 Å². The normalized spacial score (nSPS) is 16.4. The van der Waals surface area contributed by atoms with Crippen LogP contribution in [0.15, 0.2) is 48.5 Å². The lowest BCUT2D eigenvalue weighted by Crippen LogP contribution is -2.33. The molecular formula is C21H23FN2O3. The number of likely N-dealkylation sites (tertiary alicyclic amines) is 1. The predicted molar refractivity (Wildman–Crippen MR) is 99.6 cm³/mol. The standard InChI is InChI=1S/C21H23FN2O3/c1-27-19-5-3-2-4-16(19)10-11-24-14-17(12-20(24)25)21(26)23-13-15-6-8-18(22)9-7-15/h2-9,17H,10-14H2,1H3,(H,23,26). The Morgan fingerprint density at radius 2 is 1.96 bits per heavy atom. The maximum atomic E-state index is 12.9. The van der Waals surface area contributed by atoms with Gasteiger partial charge in [-0.05, 0) is 35.7 Å². The number of hydrogen-bond donors (Lipinski definition) is 1. The Morgan fingerprint density at radius 1 is 1.22 bits per heavy atom. The van der Waals surface area contributed by atoms with E-state index in [1.807, 2.05) is 24.3 Å². The third-order valence-electron chi connectivity index (χ3n) is 4.81.